The van der Waals surface area contributed by atoms with Crippen LogP contribution in [0.2, 0.25) is 0 Å². The lowest BCUT2D eigenvalue weighted by molar-refractivity contribution is -0.0541. The van der Waals surface area contributed by atoms with Gasteiger partial charge in [0, 0.05) is 12.1 Å². The Hall–Kier alpha value is -0.160. The first-order valence-corrected chi connectivity index (χ1v) is 7.04. The van der Waals surface area contributed by atoms with Crippen molar-refractivity contribution >= 4 is 0 Å². The third-order valence-electron chi connectivity index (χ3n) is 4.09. The molecule has 2 fully saturated rings. The average molecular weight is 257 g/mol. The summed E-state index contributed by atoms with van der Waals surface area (Å²) in [7, 11) is 0. The molecule has 2 aliphatic rings. The molecule has 1 saturated carbocycles. The van der Waals surface area contributed by atoms with Gasteiger partial charge in [0.1, 0.15) is 0 Å². The van der Waals surface area contributed by atoms with Crippen molar-refractivity contribution in [3.05, 3.63) is 0 Å². The second-order valence-corrected chi connectivity index (χ2v) is 6.84. The molecule has 1 aliphatic carbocycles. The molecule has 0 spiro atoms. The van der Waals surface area contributed by atoms with Crippen molar-refractivity contribution in [1.82, 2.24) is 5.32 Å². The summed E-state index contributed by atoms with van der Waals surface area (Å²) in [6.45, 7) is 9.07. The highest BCUT2D eigenvalue weighted by atomic mass is 16.7. The van der Waals surface area contributed by atoms with Gasteiger partial charge in [-0.2, -0.15) is 0 Å². The van der Waals surface area contributed by atoms with E-state index < -0.39 is 0 Å². The van der Waals surface area contributed by atoms with E-state index in [4.69, 9.17) is 9.47 Å². The Kier molecular flexibility index (Phi) is 4.32. The SMILES string of the molecule is CC1CC(C)(C)CC(CO)(NCC2OCCO2)C1. The van der Waals surface area contributed by atoms with Gasteiger partial charge in [0.2, 0.25) is 0 Å². The summed E-state index contributed by atoms with van der Waals surface area (Å²) in [5, 5.41) is 13.3. The quantitative estimate of drug-likeness (QED) is 0.802. The number of hydrogen-bond acceptors (Lipinski definition) is 4. The monoisotopic (exact) mass is 257 g/mol. The zero-order valence-electron chi connectivity index (χ0n) is 11.9. The van der Waals surface area contributed by atoms with Gasteiger partial charge in [-0.15, -0.1) is 0 Å². The molecule has 2 atom stereocenters. The molecule has 0 aromatic heterocycles. The molecule has 4 heteroatoms. The van der Waals surface area contributed by atoms with Crippen LogP contribution in [0.5, 0.6) is 0 Å². The van der Waals surface area contributed by atoms with E-state index in [1.807, 2.05) is 0 Å². The topological polar surface area (TPSA) is 50.7 Å². The summed E-state index contributed by atoms with van der Waals surface area (Å²) >= 11 is 0. The normalized spacial score (nSPS) is 37.0. The maximum absolute atomic E-state index is 9.82. The highest BCUT2D eigenvalue weighted by Gasteiger charge is 2.42. The fraction of sp³-hybridized carbons (Fsp3) is 1.00. The van der Waals surface area contributed by atoms with Gasteiger partial charge < -0.3 is 19.9 Å². The van der Waals surface area contributed by atoms with E-state index in [0.717, 1.165) is 12.8 Å². The molecule has 2 unspecified atom stereocenters. The van der Waals surface area contributed by atoms with Crippen LogP contribution in [-0.4, -0.2) is 43.3 Å². The summed E-state index contributed by atoms with van der Waals surface area (Å²) in [6, 6.07) is 0. The van der Waals surface area contributed by atoms with Gasteiger partial charge in [-0.1, -0.05) is 20.8 Å². The standard InChI is InChI=1S/C14H27NO3/c1-11-6-13(2,3)9-14(7-11,10-16)15-8-12-17-4-5-18-12/h11-12,15-16H,4-10H2,1-3H3. The molecule has 18 heavy (non-hydrogen) atoms. The fourth-order valence-corrected chi connectivity index (χ4v) is 3.88. The van der Waals surface area contributed by atoms with Crippen molar-refractivity contribution in [3.8, 4) is 0 Å². The Morgan fingerprint density at radius 3 is 2.44 bits per heavy atom. The van der Waals surface area contributed by atoms with Crippen molar-refractivity contribution in [3.63, 3.8) is 0 Å². The van der Waals surface area contributed by atoms with E-state index >= 15 is 0 Å². The van der Waals surface area contributed by atoms with Crippen LogP contribution in [0.1, 0.15) is 40.0 Å². The number of aliphatic hydroxyl groups is 1. The Morgan fingerprint density at radius 1 is 1.22 bits per heavy atom. The zero-order chi connectivity index (χ0) is 13.2. The van der Waals surface area contributed by atoms with E-state index in [-0.39, 0.29) is 23.9 Å². The summed E-state index contributed by atoms with van der Waals surface area (Å²) in [5.41, 5.74) is 0.112. The lowest BCUT2D eigenvalue weighted by atomic mass is 9.64. The number of rotatable bonds is 4. The molecule has 0 amide bonds. The Balaban J connectivity index is 1.95. The molecule has 0 bridgehead atoms. The second-order valence-electron chi connectivity index (χ2n) is 6.84. The minimum atomic E-state index is -0.170. The van der Waals surface area contributed by atoms with Crippen LogP contribution in [0, 0.1) is 11.3 Å². The molecule has 1 heterocycles. The molecule has 0 aromatic rings. The summed E-state index contributed by atoms with van der Waals surface area (Å²) < 4.78 is 10.9. The first kappa shape index (κ1) is 14.3. The predicted molar refractivity (Wildman–Crippen MR) is 70.3 cm³/mol. The van der Waals surface area contributed by atoms with E-state index in [1.54, 1.807) is 0 Å². The Labute approximate surface area is 110 Å². The van der Waals surface area contributed by atoms with E-state index in [2.05, 4.69) is 26.1 Å². The smallest absolute Gasteiger partial charge is 0.170 e. The molecule has 1 saturated heterocycles. The molecule has 4 nitrogen and oxygen atoms in total. The molecule has 106 valence electrons. The number of nitrogens with one attached hydrogen (secondary N) is 1. The van der Waals surface area contributed by atoms with Gasteiger partial charge in [0.15, 0.2) is 6.29 Å². The van der Waals surface area contributed by atoms with Gasteiger partial charge in [-0.3, -0.25) is 0 Å². The van der Waals surface area contributed by atoms with Gasteiger partial charge in [-0.05, 0) is 30.6 Å². The summed E-state index contributed by atoms with van der Waals surface area (Å²) in [5.74, 6) is 0.638. The number of hydrogen-bond donors (Lipinski definition) is 2. The average Bonchev–Trinajstić information content (AvgIpc) is 2.76. The number of ether oxygens (including phenoxy) is 2. The van der Waals surface area contributed by atoms with Crippen molar-refractivity contribution in [2.75, 3.05) is 26.4 Å². The highest BCUT2D eigenvalue weighted by Crippen LogP contribution is 2.43. The van der Waals surface area contributed by atoms with Gasteiger partial charge >= 0.3 is 0 Å². The van der Waals surface area contributed by atoms with Crippen LogP contribution in [0.25, 0.3) is 0 Å². The van der Waals surface area contributed by atoms with Gasteiger partial charge in [-0.25, -0.2) is 0 Å². The molecule has 1 aliphatic heterocycles. The third-order valence-corrected chi connectivity index (χ3v) is 4.09. The molecule has 0 radical (unpaired) electrons. The Morgan fingerprint density at radius 2 is 1.89 bits per heavy atom. The van der Waals surface area contributed by atoms with Crippen LogP contribution < -0.4 is 5.32 Å². The largest absolute Gasteiger partial charge is 0.394 e. The number of aliphatic hydroxyl groups excluding tert-OH is 1. The van der Waals surface area contributed by atoms with Crippen LogP contribution in [0.3, 0.4) is 0 Å². The summed E-state index contributed by atoms with van der Waals surface area (Å²) in [4.78, 5) is 0. The van der Waals surface area contributed by atoms with E-state index in [9.17, 15) is 5.11 Å². The van der Waals surface area contributed by atoms with Crippen LogP contribution in [-0.2, 0) is 9.47 Å². The van der Waals surface area contributed by atoms with E-state index in [1.165, 1.54) is 6.42 Å². The third kappa shape index (κ3) is 3.44. The first-order chi connectivity index (χ1) is 8.45. The zero-order valence-corrected chi connectivity index (χ0v) is 11.9. The van der Waals surface area contributed by atoms with Gasteiger partial charge in [0.05, 0.1) is 19.8 Å². The van der Waals surface area contributed by atoms with Crippen molar-refractivity contribution in [2.24, 2.45) is 11.3 Å². The van der Waals surface area contributed by atoms with Crippen molar-refractivity contribution < 1.29 is 14.6 Å². The second kappa shape index (κ2) is 5.45. The van der Waals surface area contributed by atoms with Gasteiger partial charge in [0.25, 0.3) is 0 Å². The maximum atomic E-state index is 9.82. The molecular formula is C14H27NO3. The minimum absolute atomic E-state index is 0.145. The van der Waals surface area contributed by atoms with E-state index in [0.29, 0.717) is 25.7 Å². The molecular weight excluding hydrogens is 230 g/mol. The molecule has 2 rings (SSSR count). The maximum Gasteiger partial charge on any atom is 0.170 e. The van der Waals surface area contributed by atoms with Crippen molar-refractivity contribution in [1.29, 1.82) is 0 Å². The minimum Gasteiger partial charge on any atom is -0.394 e. The lowest BCUT2D eigenvalue weighted by Crippen LogP contribution is -2.56. The van der Waals surface area contributed by atoms with Crippen molar-refractivity contribution in [2.45, 2.75) is 51.9 Å². The lowest BCUT2D eigenvalue weighted by Gasteiger charge is -2.47. The van der Waals surface area contributed by atoms with Crippen LogP contribution in [0.15, 0.2) is 0 Å². The predicted octanol–water partition coefficient (Wildman–Crippen LogP) is 1.53. The first-order valence-electron chi connectivity index (χ1n) is 7.04. The Bertz CT molecular complexity index is 276. The summed E-state index contributed by atoms with van der Waals surface area (Å²) in [6.07, 6.45) is 3.12. The van der Waals surface area contributed by atoms with Crippen LogP contribution >= 0.6 is 0 Å². The van der Waals surface area contributed by atoms with Crippen LogP contribution in [0.4, 0.5) is 0 Å². The molecule has 0 aromatic carbocycles. The fourth-order valence-electron chi connectivity index (χ4n) is 3.88. The molecule has 2 N–H and O–H groups in total. The highest BCUT2D eigenvalue weighted by molar-refractivity contribution is 4.98.